The average Bonchev–Trinajstić information content (AvgIpc) is 2.33. The van der Waals surface area contributed by atoms with Crippen molar-refractivity contribution in [2.45, 2.75) is 6.92 Å². The molecule has 0 aliphatic carbocycles. The van der Waals surface area contributed by atoms with Crippen LogP contribution in [0.1, 0.15) is 6.92 Å². The molecular weight excluding hydrogens is 397 g/mol. The lowest BCUT2D eigenvalue weighted by Crippen LogP contribution is -2.06. The minimum absolute atomic E-state index is 0.138. The number of nitrogens with one attached hydrogen (secondary N) is 2. The van der Waals surface area contributed by atoms with Crippen LogP contribution >= 0.6 is 43.5 Å². The number of hydrogen-bond donors (Lipinski definition) is 2. The molecule has 0 saturated heterocycles. The number of benzene rings is 1. The van der Waals surface area contributed by atoms with Crippen LogP contribution in [0.15, 0.2) is 27.1 Å². The quantitative estimate of drug-likeness (QED) is 0.794. The van der Waals surface area contributed by atoms with Crippen LogP contribution < -0.4 is 10.6 Å². The van der Waals surface area contributed by atoms with Crippen molar-refractivity contribution in [3.8, 4) is 0 Å². The van der Waals surface area contributed by atoms with Crippen molar-refractivity contribution < 1.29 is 0 Å². The van der Waals surface area contributed by atoms with Gasteiger partial charge in [-0.2, -0.15) is 15.0 Å². The van der Waals surface area contributed by atoms with E-state index in [0.29, 0.717) is 18.4 Å². The maximum Gasteiger partial charge on any atom is 0.233 e. The van der Waals surface area contributed by atoms with Gasteiger partial charge in [0, 0.05) is 15.5 Å². The van der Waals surface area contributed by atoms with E-state index in [0.717, 1.165) is 14.6 Å². The molecule has 1 heterocycles. The predicted molar refractivity (Wildman–Crippen MR) is 84.1 cm³/mol. The van der Waals surface area contributed by atoms with Gasteiger partial charge in [0.1, 0.15) is 0 Å². The topological polar surface area (TPSA) is 62.7 Å². The summed E-state index contributed by atoms with van der Waals surface area (Å²) in [6, 6.07) is 5.76. The lowest BCUT2D eigenvalue weighted by atomic mass is 10.3. The van der Waals surface area contributed by atoms with Crippen molar-refractivity contribution >= 4 is 61.0 Å². The molecule has 0 spiro atoms. The Morgan fingerprint density at radius 1 is 1.16 bits per heavy atom. The van der Waals surface area contributed by atoms with Gasteiger partial charge < -0.3 is 10.6 Å². The molecule has 0 aliphatic rings. The zero-order valence-corrected chi connectivity index (χ0v) is 13.8. The summed E-state index contributed by atoms with van der Waals surface area (Å²) in [5.41, 5.74) is 0.832. The van der Waals surface area contributed by atoms with Gasteiger partial charge in [0.15, 0.2) is 0 Å². The maximum absolute atomic E-state index is 5.86. The SMILES string of the molecule is CCNc1nc(Cl)nc(Nc2cc(Br)ccc2Br)n1. The molecule has 0 aliphatic heterocycles. The van der Waals surface area contributed by atoms with Crippen LogP contribution in [0.25, 0.3) is 0 Å². The first-order valence-corrected chi connectivity index (χ1v) is 7.42. The number of halogens is 3. The molecule has 100 valence electrons. The van der Waals surface area contributed by atoms with E-state index in [1.54, 1.807) is 0 Å². The second-order valence-electron chi connectivity index (χ2n) is 3.53. The number of anilines is 3. The highest BCUT2D eigenvalue weighted by Crippen LogP contribution is 2.28. The summed E-state index contributed by atoms with van der Waals surface area (Å²) in [6.45, 7) is 2.66. The Morgan fingerprint density at radius 2 is 1.89 bits per heavy atom. The van der Waals surface area contributed by atoms with Gasteiger partial charge in [0.05, 0.1) is 5.69 Å². The maximum atomic E-state index is 5.86. The Balaban J connectivity index is 2.29. The predicted octanol–water partition coefficient (Wildman–Crippen LogP) is 4.23. The lowest BCUT2D eigenvalue weighted by Gasteiger charge is -2.09. The molecular formula is C11H10Br2ClN5. The summed E-state index contributed by atoms with van der Waals surface area (Å²) in [7, 11) is 0. The number of nitrogens with zero attached hydrogens (tertiary/aromatic N) is 3. The van der Waals surface area contributed by atoms with E-state index in [9.17, 15) is 0 Å². The molecule has 0 radical (unpaired) electrons. The number of rotatable bonds is 4. The third kappa shape index (κ3) is 4.02. The lowest BCUT2D eigenvalue weighted by molar-refractivity contribution is 1.02. The minimum atomic E-state index is 0.138. The van der Waals surface area contributed by atoms with Crippen molar-refractivity contribution in [2.75, 3.05) is 17.2 Å². The fourth-order valence-corrected chi connectivity index (χ4v) is 2.22. The van der Waals surface area contributed by atoms with Crippen LogP contribution in [0.2, 0.25) is 5.28 Å². The second-order valence-corrected chi connectivity index (χ2v) is 5.64. The first kappa shape index (κ1) is 14.5. The van der Waals surface area contributed by atoms with Gasteiger partial charge >= 0.3 is 0 Å². The van der Waals surface area contributed by atoms with Crippen LogP contribution in [0.5, 0.6) is 0 Å². The zero-order chi connectivity index (χ0) is 13.8. The summed E-state index contributed by atoms with van der Waals surface area (Å²) >= 11 is 12.7. The summed E-state index contributed by atoms with van der Waals surface area (Å²) in [5.74, 6) is 0.825. The van der Waals surface area contributed by atoms with Crippen LogP contribution in [0.4, 0.5) is 17.6 Å². The van der Waals surface area contributed by atoms with Gasteiger partial charge in [-0.3, -0.25) is 0 Å². The van der Waals surface area contributed by atoms with E-state index in [2.05, 4.69) is 57.4 Å². The Bertz CT molecular complexity index is 593. The molecule has 0 fully saturated rings. The van der Waals surface area contributed by atoms with Gasteiger partial charge in [-0.15, -0.1) is 0 Å². The Kier molecular flexibility index (Phi) is 4.95. The second kappa shape index (κ2) is 6.49. The highest BCUT2D eigenvalue weighted by molar-refractivity contribution is 9.11. The van der Waals surface area contributed by atoms with E-state index >= 15 is 0 Å². The normalized spacial score (nSPS) is 10.3. The first-order chi connectivity index (χ1) is 9.08. The van der Waals surface area contributed by atoms with E-state index in [-0.39, 0.29) is 5.28 Å². The Labute approximate surface area is 132 Å². The van der Waals surface area contributed by atoms with Gasteiger partial charge in [0.2, 0.25) is 17.2 Å². The summed E-state index contributed by atoms with van der Waals surface area (Å²) < 4.78 is 1.85. The van der Waals surface area contributed by atoms with Crippen LogP contribution in [0.3, 0.4) is 0 Å². The average molecular weight is 407 g/mol. The Hall–Kier alpha value is -0.920. The third-order valence-corrected chi connectivity index (χ3v) is 3.47. The summed E-state index contributed by atoms with van der Waals surface area (Å²) in [6.07, 6.45) is 0. The van der Waals surface area contributed by atoms with Gasteiger partial charge in [-0.05, 0) is 52.7 Å². The fourth-order valence-electron chi connectivity index (χ4n) is 1.36. The van der Waals surface area contributed by atoms with Crippen molar-refractivity contribution in [3.05, 3.63) is 32.4 Å². The van der Waals surface area contributed by atoms with E-state index < -0.39 is 0 Å². The largest absolute Gasteiger partial charge is 0.354 e. The smallest absolute Gasteiger partial charge is 0.233 e. The van der Waals surface area contributed by atoms with Gasteiger partial charge in [-0.25, -0.2) is 0 Å². The number of hydrogen-bond acceptors (Lipinski definition) is 5. The third-order valence-electron chi connectivity index (χ3n) is 2.12. The molecule has 0 unspecified atom stereocenters. The molecule has 2 rings (SSSR count). The molecule has 19 heavy (non-hydrogen) atoms. The van der Waals surface area contributed by atoms with E-state index in [1.165, 1.54) is 0 Å². The summed E-state index contributed by atoms with van der Waals surface area (Å²) in [4.78, 5) is 12.2. The van der Waals surface area contributed by atoms with E-state index in [4.69, 9.17) is 11.6 Å². The molecule has 5 nitrogen and oxygen atoms in total. The summed E-state index contributed by atoms with van der Waals surface area (Å²) in [5, 5.41) is 6.22. The first-order valence-electron chi connectivity index (χ1n) is 5.46. The fraction of sp³-hybridized carbons (Fsp3) is 0.182. The molecule has 1 aromatic carbocycles. The highest BCUT2D eigenvalue weighted by atomic mass is 79.9. The molecule has 0 amide bonds. The molecule has 0 saturated carbocycles. The monoisotopic (exact) mass is 405 g/mol. The molecule has 2 aromatic rings. The zero-order valence-electron chi connectivity index (χ0n) is 9.91. The van der Waals surface area contributed by atoms with E-state index in [1.807, 2.05) is 25.1 Å². The minimum Gasteiger partial charge on any atom is -0.354 e. The van der Waals surface area contributed by atoms with Crippen LogP contribution in [-0.4, -0.2) is 21.5 Å². The molecule has 1 aromatic heterocycles. The molecule has 8 heteroatoms. The van der Waals surface area contributed by atoms with Crippen molar-refractivity contribution in [2.24, 2.45) is 0 Å². The number of aromatic nitrogens is 3. The van der Waals surface area contributed by atoms with Crippen LogP contribution in [0, 0.1) is 0 Å². The van der Waals surface area contributed by atoms with Crippen molar-refractivity contribution in [3.63, 3.8) is 0 Å². The van der Waals surface area contributed by atoms with Gasteiger partial charge in [-0.1, -0.05) is 15.9 Å². The van der Waals surface area contributed by atoms with Crippen molar-refractivity contribution in [1.82, 2.24) is 15.0 Å². The van der Waals surface area contributed by atoms with Crippen LogP contribution in [-0.2, 0) is 0 Å². The Morgan fingerprint density at radius 3 is 2.63 bits per heavy atom. The molecule has 0 bridgehead atoms. The van der Waals surface area contributed by atoms with Gasteiger partial charge in [0.25, 0.3) is 0 Å². The molecule has 0 atom stereocenters. The highest BCUT2D eigenvalue weighted by Gasteiger charge is 2.07. The molecule has 2 N–H and O–H groups in total. The van der Waals surface area contributed by atoms with Crippen molar-refractivity contribution in [1.29, 1.82) is 0 Å². The standard InChI is InChI=1S/C11H10Br2ClN5/c1-2-15-10-17-9(14)18-11(19-10)16-8-5-6(12)3-4-7(8)13/h3-5H,2H2,1H3,(H2,15,16,17,18,19).